The molecule has 0 unspecified atom stereocenters. The molecular formula is C28H29F3N4O6. The molecule has 5 N–H and O–H groups in total. The molecule has 10 nitrogen and oxygen atoms in total. The summed E-state index contributed by atoms with van der Waals surface area (Å²) in [6.45, 7) is 2.00. The van der Waals surface area contributed by atoms with Crippen molar-refractivity contribution < 1.29 is 37.8 Å². The minimum Gasteiger partial charge on any atom is -0.480 e. The Morgan fingerprint density at radius 2 is 1.46 bits per heavy atom. The maximum absolute atomic E-state index is 13.4. The number of aromatic nitrogens is 1. The van der Waals surface area contributed by atoms with Gasteiger partial charge in [-0.1, -0.05) is 60.7 Å². The van der Waals surface area contributed by atoms with Crippen molar-refractivity contribution in [1.82, 2.24) is 9.88 Å². The Balaban J connectivity index is 0.000000745. The molecule has 1 atom stereocenters. The number of hydrogen-bond acceptors (Lipinski definition) is 5. The summed E-state index contributed by atoms with van der Waals surface area (Å²) in [6, 6.07) is 20.4. The highest BCUT2D eigenvalue weighted by molar-refractivity contribution is 5.96. The van der Waals surface area contributed by atoms with E-state index in [2.05, 4.69) is 10.3 Å². The largest absolute Gasteiger partial charge is 0.490 e. The van der Waals surface area contributed by atoms with Gasteiger partial charge in [-0.3, -0.25) is 14.6 Å². The van der Waals surface area contributed by atoms with Gasteiger partial charge in [0.25, 0.3) is 11.5 Å². The van der Waals surface area contributed by atoms with Crippen LogP contribution in [0.5, 0.6) is 0 Å². The summed E-state index contributed by atoms with van der Waals surface area (Å²) in [5.74, 6) is -4.26. The number of carbonyl (C=O) groups excluding carboxylic acids is 1. The molecule has 218 valence electrons. The minimum atomic E-state index is -5.08. The standard InChI is InChI=1S/C26H28N4O4.C2HF3O2/c1-18(27)28-16-8-15-22(26(33)34)29-24(31)21-14-9-17-30(25(21)32)23(19-10-4-2-5-11-19)20-12-6-3-7-13-20;3-2(4,5)1(6)7/h2-7,9-14,17,22-23H,8,15-16H2,1H3,(H2,27,28)(H,29,31)(H,33,34);(H,6,7)/t22-;/m0./s1. The van der Waals surface area contributed by atoms with Crippen LogP contribution in [0.1, 0.15) is 47.3 Å². The highest BCUT2D eigenvalue weighted by atomic mass is 19.4. The van der Waals surface area contributed by atoms with E-state index < -0.39 is 41.7 Å². The molecule has 0 spiro atoms. The van der Waals surface area contributed by atoms with Gasteiger partial charge in [0, 0.05) is 12.7 Å². The molecule has 0 fully saturated rings. The van der Waals surface area contributed by atoms with Crippen LogP contribution in [0.25, 0.3) is 0 Å². The number of rotatable bonds is 10. The average Bonchev–Trinajstić information content (AvgIpc) is 2.92. The van der Waals surface area contributed by atoms with Gasteiger partial charge in [0.15, 0.2) is 0 Å². The first-order valence-electron chi connectivity index (χ1n) is 12.2. The van der Waals surface area contributed by atoms with Gasteiger partial charge in [0.2, 0.25) is 0 Å². The summed E-state index contributed by atoms with van der Waals surface area (Å²) in [4.78, 5) is 50.9. The van der Waals surface area contributed by atoms with Gasteiger partial charge in [-0.05, 0) is 43.0 Å². The highest BCUT2D eigenvalue weighted by Crippen LogP contribution is 2.25. The zero-order valence-corrected chi connectivity index (χ0v) is 21.9. The van der Waals surface area contributed by atoms with Crippen LogP contribution in [0.4, 0.5) is 13.2 Å². The molecule has 13 heteroatoms. The molecule has 3 aromatic rings. The number of carbonyl (C=O) groups is 3. The number of nitrogens with two attached hydrogens (primary N) is 1. The molecule has 0 radical (unpaired) electrons. The molecule has 41 heavy (non-hydrogen) atoms. The van der Waals surface area contributed by atoms with E-state index in [1.54, 1.807) is 19.2 Å². The van der Waals surface area contributed by atoms with E-state index >= 15 is 0 Å². The van der Waals surface area contributed by atoms with Gasteiger partial charge in [-0.25, -0.2) is 9.59 Å². The number of nitrogens with one attached hydrogen (secondary N) is 1. The van der Waals surface area contributed by atoms with Crippen LogP contribution in [-0.2, 0) is 9.59 Å². The molecule has 0 aliphatic carbocycles. The molecule has 0 saturated heterocycles. The molecule has 0 bridgehead atoms. The van der Waals surface area contributed by atoms with Crippen LogP contribution in [0.2, 0.25) is 0 Å². The summed E-state index contributed by atoms with van der Waals surface area (Å²) in [5, 5.41) is 19.1. The van der Waals surface area contributed by atoms with Gasteiger partial charge < -0.3 is 25.8 Å². The molecule has 1 aromatic heterocycles. The van der Waals surface area contributed by atoms with Crippen LogP contribution in [0.3, 0.4) is 0 Å². The Bertz CT molecular complexity index is 1370. The highest BCUT2D eigenvalue weighted by Gasteiger charge is 2.38. The third-order valence-corrected chi connectivity index (χ3v) is 5.59. The lowest BCUT2D eigenvalue weighted by Gasteiger charge is -2.22. The molecular weight excluding hydrogens is 545 g/mol. The molecule has 3 rings (SSSR count). The van der Waals surface area contributed by atoms with Gasteiger partial charge in [-0.15, -0.1) is 0 Å². The predicted octanol–water partition coefficient (Wildman–Crippen LogP) is 3.46. The van der Waals surface area contributed by atoms with E-state index in [1.165, 1.54) is 10.6 Å². The number of halogens is 3. The van der Waals surface area contributed by atoms with E-state index in [4.69, 9.17) is 15.6 Å². The minimum absolute atomic E-state index is 0.124. The summed E-state index contributed by atoms with van der Waals surface area (Å²) >= 11 is 0. The number of pyridine rings is 1. The topological polar surface area (TPSA) is 164 Å². The Morgan fingerprint density at radius 1 is 0.951 bits per heavy atom. The summed E-state index contributed by atoms with van der Waals surface area (Å²) < 4.78 is 33.2. The quantitative estimate of drug-likeness (QED) is 0.164. The summed E-state index contributed by atoms with van der Waals surface area (Å²) in [6.07, 6.45) is -2.87. The Morgan fingerprint density at radius 3 is 1.90 bits per heavy atom. The molecule has 0 aliphatic heterocycles. The van der Waals surface area contributed by atoms with Crippen LogP contribution in [0, 0.1) is 0 Å². The van der Waals surface area contributed by atoms with Gasteiger partial charge in [0.1, 0.15) is 11.6 Å². The second kappa shape index (κ2) is 15.0. The number of nitrogens with zero attached hydrogens (tertiary/aromatic N) is 2. The van der Waals surface area contributed by atoms with Crippen molar-refractivity contribution in [2.45, 2.75) is 38.0 Å². The van der Waals surface area contributed by atoms with E-state index in [1.807, 2.05) is 60.7 Å². The monoisotopic (exact) mass is 574 g/mol. The van der Waals surface area contributed by atoms with E-state index in [0.717, 1.165) is 11.1 Å². The van der Waals surface area contributed by atoms with Gasteiger partial charge in [0.05, 0.1) is 11.9 Å². The molecule has 0 aliphatic rings. The second-order valence-corrected chi connectivity index (χ2v) is 8.69. The number of aliphatic carboxylic acids is 2. The van der Waals surface area contributed by atoms with Crippen molar-refractivity contribution in [2.24, 2.45) is 10.7 Å². The molecule has 1 heterocycles. The first-order chi connectivity index (χ1) is 19.3. The fourth-order valence-corrected chi connectivity index (χ4v) is 3.71. The Hall–Kier alpha value is -4.94. The van der Waals surface area contributed by atoms with Gasteiger partial charge in [-0.2, -0.15) is 13.2 Å². The van der Waals surface area contributed by atoms with E-state index in [-0.39, 0.29) is 12.0 Å². The lowest BCUT2D eigenvalue weighted by Crippen LogP contribution is -2.43. The Kier molecular flexibility index (Phi) is 11.8. The van der Waals surface area contributed by atoms with Crippen molar-refractivity contribution >= 4 is 23.7 Å². The van der Waals surface area contributed by atoms with Crippen LogP contribution >= 0.6 is 0 Å². The van der Waals surface area contributed by atoms with Crippen LogP contribution < -0.4 is 16.6 Å². The van der Waals surface area contributed by atoms with Crippen LogP contribution in [-0.4, -0.2) is 57.2 Å². The number of amidine groups is 1. The lowest BCUT2D eigenvalue weighted by atomic mass is 9.98. The molecule has 1 amide bonds. The normalized spacial score (nSPS) is 12.2. The zero-order chi connectivity index (χ0) is 30.6. The second-order valence-electron chi connectivity index (χ2n) is 8.69. The predicted molar refractivity (Wildman–Crippen MR) is 145 cm³/mol. The number of alkyl halides is 3. The average molecular weight is 575 g/mol. The number of aliphatic imine (C=N–C) groups is 1. The first-order valence-corrected chi connectivity index (χ1v) is 12.2. The maximum atomic E-state index is 13.4. The Labute approximate surface area is 233 Å². The fourth-order valence-electron chi connectivity index (χ4n) is 3.71. The zero-order valence-electron chi connectivity index (χ0n) is 21.9. The maximum Gasteiger partial charge on any atom is 0.490 e. The van der Waals surface area contributed by atoms with Crippen molar-refractivity contribution in [3.05, 3.63) is 106 Å². The summed E-state index contributed by atoms with van der Waals surface area (Å²) in [5.41, 5.74) is 6.62. The molecule has 2 aromatic carbocycles. The molecule has 0 saturated carbocycles. The van der Waals surface area contributed by atoms with Crippen molar-refractivity contribution in [1.29, 1.82) is 0 Å². The summed E-state index contributed by atoms with van der Waals surface area (Å²) in [7, 11) is 0. The van der Waals surface area contributed by atoms with Crippen molar-refractivity contribution in [3.63, 3.8) is 0 Å². The third-order valence-electron chi connectivity index (χ3n) is 5.59. The number of hydrogen-bond donors (Lipinski definition) is 4. The first kappa shape index (κ1) is 32.3. The van der Waals surface area contributed by atoms with E-state index in [9.17, 15) is 32.7 Å². The SMILES string of the molecule is CC(N)=NCCC[C@H](NC(=O)c1cccn(C(c2ccccc2)c2ccccc2)c1=O)C(=O)O.O=C(O)C(F)(F)F. The van der Waals surface area contributed by atoms with Crippen molar-refractivity contribution in [3.8, 4) is 0 Å². The van der Waals surface area contributed by atoms with Crippen molar-refractivity contribution in [2.75, 3.05) is 6.54 Å². The number of carboxylic acids is 2. The number of amides is 1. The smallest absolute Gasteiger partial charge is 0.480 e. The third kappa shape index (κ3) is 9.95. The lowest BCUT2D eigenvalue weighted by molar-refractivity contribution is -0.192. The number of benzene rings is 2. The fraction of sp³-hybridized carbons (Fsp3) is 0.250. The van der Waals surface area contributed by atoms with Crippen LogP contribution in [0.15, 0.2) is 88.8 Å². The number of carboxylic acid groups (broad SMARTS) is 2. The van der Waals surface area contributed by atoms with E-state index in [0.29, 0.717) is 18.8 Å². The van der Waals surface area contributed by atoms with Gasteiger partial charge >= 0.3 is 18.1 Å².